The summed E-state index contributed by atoms with van der Waals surface area (Å²) >= 11 is 0. The van der Waals surface area contributed by atoms with Gasteiger partial charge in [0.1, 0.15) is 5.58 Å². The van der Waals surface area contributed by atoms with E-state index in [1.165, 1.54) is 44.1 Å². The molecule has 0 spiro atoms. The lowest BCUT2D eigenvalue weighted by Crippen LogP contribution is -2.16. The number of hydrogen-bond acceptors (Lipinski definition) is 1. The van der Waals surface area contributed by atoms with Gasteiger partial charge in [-0.3, -0.25) is 0 Å². The molecule has 0 N–H and O–H groups in total. The molecule has 0 amide bonds. The van der Waals surface area contributed by atoms with Crippen molar-refractivity contribution in [3.05, 3.63) is 114 Å². The largest absolute Gasteiger partial charge is 0.454 e. The predicted molar refractivity (Wildman–Crippen MR) is 146 cm³/mol. The minimum atomic E-state index is -0.112. The van der Waals surface area contributed by atoms with Crippen LogP contribution in [0.4, 0.5) is 0 Å². The van der Waals surface area contributed by atoms with Crippen molar-refractivity contribution in [3.63, 3.8) is 0 Å². The summed E-state index contributed by atoms with van der Waals surface area (Å²) < 4.78 is 8.96. The molecule has 0 fully saturated rings. The van der Waals surface area contributed by atoms with Crippen LogP contribution in [0.2, 0.25) is 0 Å². The Morgan fingerprint density at radius 1 is 0.600 bits per heavy atom. The zero-order chi connectivity index (χ0) is 23.3. The van der Waals surface area contributed by atoms with Gasteiger partial charge in [0.05, 0.1) is 16.7 Å². The smallest absolute Gasteiger partial charge is 0.159 e. The van der Waals surface area contributed by atoms with E-state index in [1.807, 2.05) is 6.07 Å². The average molecular weight is 450 g/mol. The van der Waals surface area contributed by atoms with Crippen LogP contribution >= 0.6 is 0 Å². The zero-order valence-electron chi connectivity index (χ0n) is 19.7. The van der Waals surface area contributed by atoms with Crippen LogP contribution in [0.1, 0.15) is 25.0 Å². The molecular formula is C33H23NO. The van der Waals surface area contributed by atoms with Crippen LogP contribution in [0.25, 0.3) is 60.6 Å². The zero-order valence-corrected chi connectivity index (χ0v) is 19.7. The third kappa shape index (κ3) is 2.29. The van der Waals surface area contributed by atoms with Crippen molar-refractivity contribution in [2.45, 2.75) is 19.3 Å². The number of furan rings is 1. The number of para-hydroxylation sites is 3. The van der Waals surface area contributed by atoms with Gasteiger partial charge in [0.2, 0.25) is 0 Å². The Kier molecular flexibility index (Phi) is 3.50. The summed E-state index contributed by atoms with van der Waals surface area (Å²) in [7, 11) is 0. The monoisotopic (exact) mass is 449 g/mol. The molecule has 0 saturated heterocycles. The lowest BCUT2D eigenvalue weighted by molar-refractivity contribution is 0.660. The molecule has 2 aromatic heterocycles. The summed E-state index contributed by atoms with van der Waals surface area (Å²) in [5.41, 5.74) is 10.8. The van der Waals surface area contributed by atoms with Crippen molar-refractivity contribution in [1.29, 1.82) is 0 Å². The Labute approximate surface area is 203 Å². The van der Waals surface area contributed by atoms with E-state index < -0.39 is 0 Å². The van der Waals surface area contributed by atoms with Crippen molar-refractivity contribution >= 4 is 43.7 Å². The van der Waals surface area contributed by atoms with Crippen LogP contribution in [0, 0.1) is 0 Å². The Hall–Kier alpha value is -4.30. The van der Waals surface area contributed by atoms with E-state index in [2.05, 4.69) is 115 Å². The fourth-order valence-electron chi connectivity index (χ4n) is 6.47. The highest BCUT2D eigenvalue weighted by atomic mass is 16.3. The fourth-order valence-corrected chi connectivity index (χ4v) is 6.47. The first-order chi connectivity index (χ1) is 17.1. The second kappa shape index (κ2) is 6.43. The van der Waals surface area contributed by atoms with Gasteiger partial charge in [0.15, 0.2) is 5.58 Å². The van der Waals surface area contributed by atoms with Crippen LogP contribution in [0.5, 0.6) is 0 Å². The maximum Gasteiger partial charge on any atom is 0.159 e. The Morgan fingerprint density at radius 2 is 1.34 bits per heavy atom. The van der Waals surface area contributed by atoms with Crippen LogP contribution in [-0.4, -0.2) is 4.57 Å². The van der Waals surface area contributed by atoms with Gasteiger partial charge in [-0.05, 0) is 40.5 Å². The van der Waals surface area contributed by atoms with E-state index in [0.29, 0.717) is 0 Å². The average Bonchev–Trinajstić information content (AvgIpc) is 3.51. The van der Waals surface area contributed by atoms with E-state index in [4.69, 9.17) is 4.42 Å². The van der Waals surface area contributed by atoms with Gasteiger partial charge in [0, 0.05) is 27.0 Å². The number of benzene rings is 5. The molecule has 1 aliphatic rings. The molecule has 0 saturated carbocycles. The van der Waals surface area contributed by atoms with Gasteiger partial charge in [-0.15, -0.1) is 0 Å². The number of rotatable bonds is 1. The second-order valence-electron chi connectivity index (χ2n) is 10.2. The van der Waals surface area contributed by atoms with E-state index >= 15 is 0 Å². The van der Waals surface area contributed by atoms with E-state index in [0.717, 1.165) is 27.6 Å². The molecule has 1 aliphatic carbocycles. The highest BCUT2D eigenvalue weighted by Crippen LogP contribution is 2.53. The van der Waals surface area contributed by atoms with Crippen LogP contribution in [0.15, 0.2) is 108 Å². The first kappa shape index (κ1) is 19.1. The van der Waals surface area contributed by atoms with Gasteiger partial charge in [-0.1, -0.05) is 98.8 Å². The first-order valence-electron chi connectivity index (χ1n) is 12.2. The van der Waals surface area contributed by atoms with Gasteiger partial charge < -0.3 is 8.98 Å². The summed E-state index contributed by atoms with van der Waals surface area (Å²) in [5, 5.41) is 4.86. The van der Waals surface area contributed by atoms with Crippen molar-refractivity contribution in [2.75, 3.05) is 0 Å². The van der Waals surface area contributed by atoms with Gasteiger partial charge in [-0.2, -0.15) is 0 Å². The van der Waals surface area contributed by atoms with E-state index in [-0.39, 0.29) is 5.41 Å². The van der Waals surface area contributed by atoms with Gasteiger partial charge >= 0.3 is 0 Å². The molecule has 0 bridgehead atoms. The van der Waals surface area contributed by atoms with Gasteiger partial charge in [-0.25, -0.2) is 0 Å². The maximum absolute atomic E-state index is 6.52. The topological polar surface area (TPSA) is 18.1 Å². The lowest BCUT2D eigenvalue weighted by Gasteiger charge is -2.23. The summed E-state index contributed by atoms with van der Waals surface area (Å²) in [4.78, 5) is 0. The Morgan fingerprint density at radius 3 is 2.26 bits per heavy atom. The van der Waals surface area contributed by atoms with Crippen LogP contribution < -0.4 is 0 Å². The number of aromatic nitrogens is 1. The van der Waals surface area contributed by atoms with Crippen molar-refractivity contribution in [3.8, 4) is 16.8 Å². The molecular weight excluding hydrogens is 426 g/mol. The minimum absolute atomic E-state index is 0.112. The lowest BCUT2D eigenvalue weighted by atomic mass is 9.81. The van der Waals surface area contributed by atoms with E-state index in [1.54, 1.807) is 0 Å². The Bertz CT molecular complexity index is 1980. The highest BCUT2D eigenvalue weighted by molar-refractivity contribution is 6.15. The Balaban J connectivity index is 1.60. The SMILES string of the molecule is CC1(C)c2ccccc2-c2ccc3c4ccccc4n(-c4cccc5c4oc4ccccc45)c3c21. The predicted octanol–water partition coefficient (Wildman–Crippen LogP) is 8.99. The summed E-state index contributed by atoms with van der Waals surface area (Å²) in [5.74, 6) is 0. The number of nitrogens with zero attached hydrogens (tertiary/aromatic N) is 1. The summed E-state index contributed by atoms with van der Waals surface area (Å²) in [6.45, 7) is 4.72. The normalized spacial score (nSPS) is 14.2. The standard InChI is InChI=1S/C33H23NO/c1-33(2)26-14-6-3-10-20(26)23-18-19-24-21-11-4-7-15-27(21)34(31(24)30(23)33)28-16-9-13-25-22-12-5-8-17-29(22)35-32(25)28/h3-19H,1-2H3. The molecule has 7 aromatic rings. The quantitative estimate of drug-likeness (QED) is 0.244. The molecule has 0 radical (unpaired) electrons. The third-order valence-electron chi connectivity index (χ3n) is 7.98. The number of fused-ring (bicyclic) bond motifs is 10. The molecule has 35 heavy (non-hydrogen) atoms. The molecule has 0 atom stereocenters. The molecule has 8 rings (SSSR count). The maximum atomic E-state index is 6.52. The van der Waals surface area contributed by atoms with Crippen molar-refractivity contribution in [2.24, 2.45) is 0 Å². The first-order valence-corrected chi connectivity index (χ1v) is 12.2. The van der Waals surface area contributed by atoms with Crippen molar-refractivity contribution in [1.82, 2.24) is 4.57 Å². The molecule has 166 valence electrons. The molecule has 2 nitrogen and oxygen atoms in total. The molecule has 2 heteroatoms. The van der Waals surface area contributed by atoms with Crippen molar-refractivity contribution < 1.29 is 4.42 Å². The summed E-state index contributed by atoms with van der Waals surface area (Å²) in [6, 6.07) is 37.1. The van der Waals surface area contributed by atoms with E-state index in [9.17, 15) is 0 Å². The number of hydrogen-bond donors (Lipinski definition) is 0. The molecule has 5 aromatic carbocycles. The summed E-state index contributed by atoms with van der Waals surface area (Å²) in [6.07, 6.45) is 0. The minimum Gasteiger partial charge on any atom is -0.454 e. The molecule has 0 unspecified atom stereocenters. The second-order valence-corrected chi connectivity index (χ2v) is 10.2. The van der Waals surface area contributed by atoms with Crippen LogP contribution in [0.3, 0.4) is 0 Å². The molecule has 0 aliphatic heterocycles. The fraction of sp³-hybridized carbons (Fsp3) is 0.0909. The van der Waals surface area contributed by atoms with Gasteiger partial charge in [0.25, 0.3) is 0 Å². The molecule has 2 heterocycles. The third-order valence-corrected chi connectivity index (χ3v) is 7.98. The highest BCUT2D eigenvalue weighted by Gasteiger charge is 2.38. The van der Waals surface area contributed by atoms with Crippen LogP contribution in [-0.2, 0) is 5.41 Å².